The summed E-state index contributed by atoms with van der Waals surface area (Å²) in [7, 11) is 0. The zero-order chi connectivity index (χ0) is 24.6. The maximum atomic E-state index is 13.0. The van der Waals surface area contributed by atoms with Crippen molar-refractivity contribution in [2.24, 2.45) is 11.7 Å². The summed E-state index contributed by atoms with van der Waals surface area (Å²) in [6.45, 7) is 3.47. The fourth-order valence-electron chi connectivity index (χ4n) is 3.24. The van der Waals surface area contributed by atoms with E-state index in [1.807, 2.05) is 0 Å². The molecule has 1 rings (SSSR count). The maximum Gasteiger partial charge on any atom is 0.326 e. The van der Waals surface area contributed by atoms with Crippen molar-refractivity contribution in [2.45, 2.75) is 70.1 Å². The summed E-state index contributed by atoms with van der Waals surface area (Å²) < 4.78 is 0. The molecule has 1 fully saturated rings. The van der Waals surface area contributed by atoms with Gasteiger partial charge in [-0.25, -0.2) is 4.79 Å². The number of nitrogens with zero attached hydrogens (tertiary/aromatic N) is 1. The Hall–Kier alpha value is -3.22. The van der Waals surface area contributed by atoms with Gasteiger partial charge in [-0.1, -0.05) is 13.8 Å². The van der Waals surface area contributed by atoms with E-state index in [1.54, 1.807) is 13.8 Å². The van der Waals surface area contributed by atoms with Gasteiger partial charge < -0.3 is 36.6 Å². The highest BCUT2D eigenvalue weighted by Crippen LogP contribution is 2.20. The van der Waals surface area contributed by atoms with Crippen molar-refractivity contribution in [3.05, 3.63) is 0 Å². The quantitative estimate of drug-likeness (QED) is 0.196. The molecule has 0 saturated carbocycles. The van der Waals surface area contributed by atoms with Crippen LogP contribution in [0.15, 0.2) is 0 Å². The molecule has 1 heterocycles. The predicted molar refractivity (Wildman–Crippen MR) is 108 cm³/mol. The van der Waals surface area contributed by atoms with Gasteiger partial charge in [0.05, 0.1) is 12.5 Å². The summed E-state index contributed by atoms with van der Waals surface area (Å²) in [6, 6.07) is -4.97. The zero-order valence-electron chi connectivity index (χ0n) is 17.9. The molecule has 1 aliphatic rings. The number of carboxylic acid groups (broad SMARTS) is 3. The molecule has 0 aromatic carbocycles. The number of carbonyl (C=O) groups is 6. The summed E-state index contributed by atoms with van der Waals surface area (Å²) in [5, 5.41) is 31.7. The highest BCUT2D eigenvalue weighted by atomic mass is 16.4. The van der Waals surface area contributed by atoms with Gasteiger partial charge in [0.15, 0.2) is 0 Å². The molecule has 4 atom stereocenters. The largest absolute Gasteiger partial charge is 0.481 e. The highest BCUT2D eigenvalue weighted by molar-refractivity contribution is 5.96. The number of hydrogen-bond acceptors (Lipinski definition) is 7. The Kier molecular flexibility index (Phi) is 10.0. The van der Waals surface area contributed by atoms with E-state index in [-0.39, 0.29) is 25.3 Å². The molecule has 1 aliphatic heterocycles. The minimum Gasteiger partial charge on any atom is -0.481 e. The number of aliphatic carboxylic acids is 3. The van der Waals surface area contributed by atoms with Gasteiger partial charge in [-0.3, -0.25) is 24.0 Å². The summed E-state index contributed by atoms with van der Waals surface area (Å²) in [4.78, 5) is 72.3. The third-order valence-corrected chi connectivity index (χ3v) is 5.11. The van der Waals surface area contributed by atoms with Crippen LogP contribution in [0.2, 0.25) is 0 Å². The van der Waals surface area contributed by atoms with Crippen LogP contribution in [-0.2, 0) is 28.8 Å². The third kappa shape index (κ3) is 7.80. The van der Waals surface area contributed by atoms with E-state index < -0.39 is 72.6 Å². The molecule has 3 amide bonds. The van der Waals surface area contributed by atoms with Gasteiger partial charge >= 0.3 is 17.9 Å². The van der Waals surface area contributed by atoms with Crippen LogP contribution in [0.3, 0.4) is 0 Å². The van der Waals surface area contributed by atoms with Gasteiger partial charge in [0.1, 0.15) is 18.1 Å². The van der Waals surface area contributed by atoms with Crippen molar-refractivity contribution in [3.63, 3.8) is 0 Å². The molecule has 0 aliphatic carbocycles. The number of amides is 3. The molecule has 13 nitrogen and oxygen atoms in total. The molecular weight excluding hydrogens is 428 g/mol. The first kappa shape index (κ1) is 26.8. The van der Waals surface area contributed by atoms with E-state index in [0.29, 0.717) is 6.42 Å². The maximum absolute atomic E-state index is 13.0. The van der Waals surface area contributed by atoms with E-state index in [0.717, 1.165) is 4.90 Å². The van der Waals surface area contributed by atoms with Crippen molar-refractivity contribution in [1.82, 2.24) is 15.5 Å². The van der Waals surface area contributed by atoms with Crippen molar-refractivity contribution in [3.8, 4) is 0 Å². The smallest absolute Gasteiger partial charge is 0.326 e. The first-order valence-electron chi connectivity index (χ1n) is 10.2. The van der Waals surface area contributed by atoms with E-state index in [4.69, 9.17) is 15.9 Å². The Labute approximate surface area is 184 Å². The van der Waals surface area contributed by atoms with Crippen LogP contribution >= 0.6 is 0 Å². The lowest BCUT2D eigenvalue weighted by Gasteiger charge is -2.29. The molecule has 0 radical (unpaired) electrons. The molecule has 0 bridgehead atoms. The second kappa shape index (κ2) is 12.0. The van der Waals surface area contributed by atoms with Crippen LogP contribution in [0, 0.1) is 5.92 Å². The fourth-order valence-corrected chi connectivity index (χ4v) is 3.24. The normalized spacial score (nSPS) is 18.5. The highest BCUT2D eigenvalue weighted by Gasteiger charge is 2.39. The summed E-state index contributed by atoms with van der Waals surface area (Å²) >= 11 is 0. The van der Waals surface area contributed by atoms with Gasteiger partial charge in [0.2, 0.25) is 17.7 Å². The van der Waals surface area contributed by atoms with E-state index in [2.05, 4.69) is 10.6 Å². The van der Waals surface area contributed by atoms with Crippen LogP contribution in [0.25, 0.3) is 0 Å². The molecule has 1 saturated heterocycles. The van der Waals surface area contributed by atoms with Gasteiger partial charge in [0, 0.05) is 13.0 Å². The lowest BCUT2D eigenvalue weighted by Crippen LogP contribution is -2.57. The number of nitrogens with two attached hydrogens (primary N) is 1. The van der Waals surface area contributed by atoms with Crippen molar-refractivity contribution >= 4 is 35.6 Å². The van der Waals surface area contributed by atoms with Gasteiger partial charge in [-0.05, 0) is 25.2 Å². The predicted octanol–water partition coefficient (Wildman–Crippen LogP) is -1.65. The van der Waals surface area contributed by atoms with Crippen molar-refractivity contribution in [2.75, 3.05) is 6.54 Å². The summed E-state index contributed by atoms with van der Waals surface area (Å²) in [5.41, 5.74) is 5.76. The van der Waals surface area contributed by atoms with Crippen LogP contribution in [-0.4, -0.2) is 86.6 Å². The van der Waals surface area contributed by atoms with Crippen LogP contribution in [0.1, 0.15) is 46.0 Å². The SMILES string of the molecule is CC(C)C(N)C(=O)NC(CC(=O)O)C(=O)N1CCCC1C(=O)NC(CCC(=O)O)C(=O)O. The number of likely N-dealkylation sites (tertiary alicyclic amines) is 1. The number of hydrogen-bond donors (Lipinski definition) is 6. The van der Waals surface area contributed by atoms with E-state index in [9.17, 15) is 33.9 Å². The lowest BCUT2D eigenvalue weighted by molar-refractivity contribution is -0.147. The minimum atomic E-state index is -1.46. The molecule has 180 valence electrons. The second-order valence-electron chi connectivity index (χ2n) is 7.95. The van der Waals surface area contributed by atoms with Gasteiger partial charge in [-0.15, -0.1) is 0 Å². The Balaban J connectivity index is 2.96. The molecule has 13 heteroatoms. The second-order valence-corrected chi connectivity index (χ2v) is 7.95. The van der Waals surface area contributed by atoms with Gasteiger partial charge in [0.25, 0.3) is 0 Å². The third-order valence-electron chi connectivity index (χ3n) is 5.11. The van der Waals surface area contributed by atoms with Gasteiger partial charge in [-0.2, -0.15) is 0 Å². The van der Waals surface area contributed by atoms with E-state index >= 15 is 0 Å². The molecule has 0 aromatic rings. The Morgan fingerprint density at radius 2 is 1.62 bits per heavy atom. The topological polar surface area (TPSA) is 216 Å². The first-order valence-corrected chi connectivity index (χ1v) is 10.2. The molecule has 7 N–H and O–H groups in total. The summed E-state index contributed by atoms with van der Waals surface area (Å²) in [5.74, 6) is -6.57. The van der Waals surface area contributed by atoms with Crippen LogP contribution in [0.5, 0.6) is 0 Å². The molecule has 0 spiro atoms. The zero-order valence-corrected chi connectivity index (χ0v) is 17.9. The van der Waals surface area contributed by atoms with Crippen molar-refractivity contribution in [1.29, 1.82) is 0 Å². The average Bonchev–Trinajstić information content (AvgIpc) is 3.18. The Morgan fingerprint density at radius 1 is 1.00 bits per heavy atom. The minimum absolute atomic E-state index is 0.103. The molecule has 32 heavy (non-hydrogen) atoms. The fraction of sp³-hybridized carbons (Fsp3) is 0.684. The average molecular weight is 458 g/mol. The molecule has 0 aromatic heterocycles. The monoisotopic (exact) mass is 458 g/mol. The first-order chi connectivity index (χ1) is 14.8. The van der Waals surface area contributed by atoms with E-state index in [1.165, 1.54) is 0 Å². The lowest BCUT2D eigenvalue weighted by atomic mass is 10.0. The van der Waals surface area contributed by atoms with Crippen LogP contribution in [0.4, 0.5) is 0 Å². The number of nitrogens with one attached hydrogen (secondary N) is 2. The van der Waals surface area contributed by atoms with Crippen LogP contribution < -0.4 is 16.4 Å². The van der Waals surface area contributed by atoms with Crippen molar-refractivity contribution < 1.29 is 44.1 Å². The molecular formula is C19H30N4O9. The number of carbonyl (C=O) groups excluding carboxylic acids is 3. The summed E-state index contributed by atoms with van der Waals surface area (Å²) in [6.07, 6.45) is -0.955. The Morgan fingerprint density at radius 3 is 2.12 bits per heavy atom. The molecule has 4 unspecified atom stereocenters. The Bertz CT molecular complexity index is 755. The number of rotatable bonds is 12. The number of carboxylic acids is 3. The standard InChI is InChI=1S/C19H30N4O9/c1-9(2)15(20)17(29)22-11(8-14(26)27)18(30)23-7-3-4-12(23)16(28)21-10(19(31)32)5-6-13(24)25/h9-12,15H,3-8,20H2,1-2H3,(H,21,28)(H,22,29)(H,24,25)(H,26,27)(H,31,32).